The molecule has 1 aromatic carbocycles. The Morgan fingerprint density at radius 2 is 1.96 bits per heavy atom. The standard InChI is InChI=1S/C36H46N4O10S3/c1-7-8-9-10-21-16-26(41)30(23-15-20(4)11-12-22(23)19(2)3)28(17-21)49-35(51)52-33-24(32(43)40(33)53(46,47)48)18-27(42)31(25-13-14-29(37)38-25)39-50-36(5,6)34(44)45/h13,15-17,22-24,33,41H,2,7-12,14,18H2,1,3-6H3,(H2,37,38)(H,44,45)(H,46,47,48)/b39-31-/t22-,23+,24+,33?/m0/s1. The van der Waals surface area contributed by atoms with Crippen molar-refractivity contribution in [3.05, 3.63) is 58.8 Å². The van der Waals surface area contributed by atoms with Gasteiger partial charge in [0.15, 0.2) is 11.5 Å². The summed E-state index contributed by atoms with van der Waals surface area (Å²) >= 11 is 6.23. The van der Waals surface area contributed by atoms with Gasteiger partial charge < -0.3 is 25.5 Å². The Kier molecular flexibility index (Phi) is 13.3. The number of hydrogen-bond acceptors (Lipinski definition) is 13. The maximum atomic E-state index is 13.7. The van der Waals surface area contributed by atoms with Crippen LogP contribution in [0.1, 0.15) is 96.6 Å². The smallest absolute Gasteiger partial charge is 0.363 e. The van der Waals surface area contributed by atoms with E-state index in [-0.39, 0.29) is 50.0 Å². The Morgan fingerprint density at radius 1 is 1.26 bits per heavy atom. The number of Topliss-reactive ketones (excluding diaryl/α,β-unsaturated/α-hetero) is 1. The fourth-order valence-electron chi connectivity index (χ4n) is 6.32. The number of allylic oxidation sites excluding steroid dienone is 4. The van der Waals surface area contributed by atoms with Crippen LogP contribution in [0.5, 0.6) is 11.5 Å². The van der Waals surface area contributed by atoms with Gasteiger partial charge in [0.25, 0.3) is 0 Å². The van der Waals surface area contributed by atoms with Crippen LogP contribution < -0.4 is 10.5 Å². The highest BCUT2D eigenvalue weighted by molar-refractivity contribution is 8.23. The van der Waals surface area contributed by atoms with Gasteiger partial charge in [0.2, 0.25) is 15.9 Å². The number of carbonyl (C=O) groups is 3. The van der Waals surface area contributed by atoms with Crippen molar-refractivity contribution in [2.75, 3.05) is 0 Å². The number of amides is 1. The number of thiocarbonyl (C=S) groups is 1. The van der Waals surface area contributed by atoms with Gasteiger partial charge in [-0.25, -0.2) is 14.1 Å². The number of amidine groups is 1. The molecule has 4 rings (SSSR count). The maximum absolute atomic E-state index is 13.7. The number of ether oxygens (including phenoxy) is 1. The summed E-state index contributed by atoms with van der Waals surface area (Å²) in [5.74, 6) is -4.53. The van der Waals surface area contributed by atoms with Crippen molar-refractivity contribution in [3.63, 3.8) is 0 Å². The summed E-state index contributed by atoms with van der Waals surface area (Å²) in [7, 11) is -5.10. The minimum Gasteiger partial charge on any atom is -0.507 e. The van der Waals surface area contributed by atoms with Crippen molar-refractivity contribution in [3.8, 4) is 11.5 Å². The molecule has 2 heterocycles. The van der Waals surface area contributed by atoms with Crippen molar-refractivity contribution in [2.45, 2.75) is 103 Å². The second kappa shape index (κ2) is 17.0. The number of carboxylic acid groups (broad SMARTS) is 1. The van der Waals surface area contributed by atoms with Gasteiger partial charge in [-0.15, -0.1) is 0 Å². The highest BCUT2D eigenvalue weighted by Crippen LogP contribution is 2.48. The number of aliphatic imine (C=N–C) groups is 1. The highest BCUT2D eigenvalue weighted by atomic mass is 32.2. The molecule has 0 saturated carbocycles. The number of aromatic hydroxyl groups is 1. The Hall–Kier alpha value is -4.06. The van der Waals surface area contributed by atoms with Crippen LogP contribution in [-0.4, -0.2) is 72.1 Å². The second-order valence-electron chi connectivity index (χ2n) is 14.0. The summed E-state index contributed by atoms with van der Waals surface area (Å²) in [5.41, 5.74) is 6.85. The quantitative estimate of drug-likeness (QED) is 0.0289. The molecule has 53 heavy (non-hydrogen) atoms. The van der Waals surface area contributed by atoms with Crippen molar-refractivity contribution in [1.29, 1.82) is 0 Å². The number of β-lactam (4-membered cyclic amide) rings is 1. The number of oxime groups is 1. The number of rotatable bonds is 16. The molecule has 288 valence electrons. The van der Waals surface area contributed by atoms with E-state index in [2.05, 4.69) is 29.7 Å². The number of carbonyl (C=O) groups excluding carboxylic acids is 2. The van der Waals surface area contributed by atoms with Crippen LogP contribution in [0.15, 0.2) is 57.9 Å². The van der Waals surface area contributed by atoms with Crippen molar-refractivity contribution < 1.29 is 47.1 Å². The van der Waals surface area contributed by atoms with Crippen LogP contribution in [0.25, 0.3) is 0 Å². The third-order valence-corrected chi connectivity index (χ3v) is 11.8. The van der Waals surface area contributed by atoms with Crippen molar-refractivity contribution >= 4 is 67.9 Å². The largest absolute Gasteiger partial charge is 0.507 e. The van der Waals surface area contributed by atoms with Crippen LogP contribution in [-0.2, 0) is 35.9 Å². The topological polar surface area (TPSA) is 218 Å². The molecule has 1 unspecified atom stereocenters. The molecule has 14 nitrogen and oxygen atoms in total. The average Bonchev–Trinajstić information content (AvgIpc) is 3.48. The van der Waals surface area contributed by atoms with E-state index in [4.69, 9.17) is 27.5 Å². The molecule has 1 aliphatic carbocycles. The minimum absolute atomic E-state index is 0.00970. The van der Waals surface area contributed by atoms with Crippen molar-refractivity contribution in [1.82, 2.24) is 4.31 Å². The van der Waals surface area contributed by atoms with E-state index in [1.807, 2.05) is 13.8 Å². The number of nitrogens with zero attached hydrogens (tertiary/aromatic N) is 3. The molecule has 0 spiro atoms. The van der Waals surface area contributed by atoms with Crippen LogP contribution in [0.2, 0.25) is 0 Å². The van der Waals surface area contributed by atoms with Gasteiger partial charge in [-0.3, -0.25) is 14.1 Å². The van der Waals surface area contributed by atoms with Gasteiger partial charge in [-0.1, -0.05) is 48.7 Å². The number of phenols is 1. The first-order valence-electron chi connectivity index (χ1n) is 17.2. The zero-order chi connectivity index (χ0) is 39.4. The van der Waals surface area contributed by atoms with Crippen LogP contribution in [0.3, 0.4) is 0 Å². The summed E-state index contributed by atoms with van der Waals surface area (Å²) < 4.78 is 40.9. The number of thioether (sulfide) groups is 1. The molecule has 3 aliphatic rings. The molecule has 1 saturated heterocycles. The molecule has 1 aromatic rings. The number of nitrogens with two attached hydrogens (primary N) is 1. The molecule has 4 atom stereocenters. The first-order chi connectivity index (χ1) is 24.7. The molecule has 5 N–H and O–H groups in total. The SMILES string of the molecule is C=C(C)[C@@H]1CCC(C)=C[C@H]1c1c(O)cc(CCCCC)cc1OC(=S)SC1[C@H](CC(=O)/C(=N\OC(C)(C)C(=O)O)C2=CCC(N)=N2)C(=O)N1S(=O)(=O)O. The zero-order valence-electron chi connectivity index (χ0n) is 30.3. The number of ketones is 1. The molecule has 1 fully saturated rings. The molecular weight excluding hydrogens is 745 g/mol. The summed E-state index contributed by atoms with van der Waals surface area (Å²) in [6.45, 7) is 12.6. The number of carboxylic acids is 1. The number of unbranched alkanes of at least 4 members (excludes halogenated alkanes) is 2. The predicted octanol–water partition coefficient (Wildman–Crippen LogP) is 5.96. The maximum Gasteiger partial charge on any atom is 0.363 e. The lowest BCUT2D eigenvalue weighted by molar-refractivity contribution is -0.161. The van der Waals surface area contributed by atoms with E-state index in [0.717, 1.165) is 48.8 Å². The van der Waals surface area contributed by atoms with Crippen LogP contribution in [0, 0.1) is 11.8 Å². The summed E-state index contributed by atoms with van der Waals surface area (Å²) in [6, 6.07) is 3.51. The highest BCUT2D eigenvalue weighted by Gasteiger charge is 2.55. The van der Waals surface area contributed by atoms with Crippen LogP contribution in [0.4, 0.5) is 0 Å². The first kappa shape index (κ1) is 41.7. The van der Waals surface area contributed by atoms with Gasteiger partial charge in [-0.2, -0.15) is 8.42 Å². The monoisotopic (exact) mass is 790 g/mol. The van der Waals surface area contributed by atoms with Gasteiger partial charge in [0.05, 0.1) is 11.6 Å². The Balaban J connectivity index is 1.66. The molecule has 1 amide bonds. The lowest BCUT2D eigenvalue weighted by atomic mass is 9.73. The summed E-state index contributed by atoms with van der Waals surface area (Å²) in [4.78, 5) is 47.7. The lowest BCUT2D eigenvalue weighted by Gasteiger charge is -2.43. The minimum atomic E-state index is -5.10. The molecule has 0 bridgehead atoms. The Bertz CT molecular complexity index is 1920. The molecule has 17 heteroatoms. The van der Waals surface area contributed by atoms with E-state index < -0.39 is 57.0 Å². The Labute approximate surface area is 319 Å². The van der Waals surface area contributed by atoms with E-state index in [1.165, 1.54) is 19.9 Å². The number of phenolic OH excluding ortho intramolecular Hbond substituents is 1. The fraction of sp³-hybridized carbons (Fsp3) is 0.500. The zero-order valence-corrected chi connectivity index (χ0v) is 32.8. The van der Waals surface area contributed by atoms with Gasteiger partial charge in [-0.05, 0) is 107 Å². The molecule has 0 aromatic heterocycles. The van der Waals surface area contributed by atoms with E-state index >= 15 is 0 Å². The number of benzene rings is 1. The molecular formula is C36H46N4O10S3. The fourth-order valence-corrected chi connectivity index (χ4v) is 8.84. The second-order valence-corrected chi connectivity index (χ2v) is 17.0. The average molecular weight is 791 g/mol. The van der Waals surface area contributed by atoms with E-state index in [1.54, 1.807) is 12.1 Å². The molecule has 2 aliphatic heterocycles. The van der Waals surface area contributed by atoms with Gasteiger partial charge >= 0.3 is 16.3 Å². The Morgan fingerprint density at radius 3 is 2.55 bits per heavy atom. The third kappa shape index (κ3) is 9.93. The number of aliphatic carboxylic acids is 1. The lowest BCUT2D eigenvalue weighted by Crippen LogP contribution is -2.62. The van der Waals surface area contributed by atoms with Crippen molar-refractivity contribution in [2.24, 2.45) is 27.7 Å². The summed E-state index contributed by atoms with van der Waals surface area (Å²) in [6.07, 6.45) is 8.24. The predicted molar refractivity (Wildman–Crippen MR) is 206 cm³/mol. The normalized spacial score (nSPS) is 22.0. The van der Waals surface area contributed by atoms with Gasteiger partial charge in [0, 0.05) is 24.3 Å². The number of hydrogen-bond donors (Lipinski definition) is 4. The first-order valence-corrected chi connectivity index (χ1v) is 19.9. The molecule has 0 radical (unpaired) electrons. The van der Waals surface area contributed by atoms with Crippen LogP contribution >= 0.6 is 24.0 Å². The summed E-state index contributed by atoms with van der Waals surface area (Å²) in [5, 5.41) is 23.3. The van der Waals surface area contributed by atoms with E-state index in [0.29, 0.717) is 23.7 Å². The third-order valence-electron chi connectivity index (χ3n) is 9.29. The van der Waals surface area contributed by atoms with E-state index in [9.17, 15) is 37.6 Å². The van der Waals surface area contributed by atoms with Gasteiger partial charge in [0.1, 0.15) is 22.7 Å². The number of aryl methyl sites for hydroxylation is 1.